The highest BCUT2D eigenvalue weighted by Crippen LogP contribution is 2.36. The minimum Gasteiger partial charge on any atom is -0.368 e. The fraction of sp³-hybridized carbons (Fsp3) is 0.308. The number of hydrogen-bond donors (Lipinski definition) is 1. The van der Waals surface area contributed by atoms with E-state index in [1.807, 2.05) is 0 Å². The molecule has 0 unspecified atom stereocenters. The molecule has 0 spiro atoms. The predicted molar refractivity (Wildman–Crippen MR) is 74.4 cm³/mol. The Labute approximate surface area is 119 Å². The maximum absolute atomic E-state index is 12.3. The summed E-state index contributed by atoms with van der Waals surface area (Å²) in [5.74, 6) is -0.0365. The Balaban J connectivity index is 2.11. The van der Waals surface area contributed by atoms with Gasteiger partial charge in [-0.25, -0.2) is 9.48 Å². The van der Waals surface area contributed by atoms with E-state index in [9.17, 15) is 9.59 Å². The van der Waals surface area contributed by atoms with E-state index in [0.29, 0.717) is 10.8 Å². The second kappa shape index (κ2) is 4.79. The zero-order chi connectivity index (χ0) is 14.3. The predicted octanol–water partition coefficient (Wildman–Crippen LogP) is 1.19. The molecule has 0 bridgehead atoms. The van der Waals surface area contributed by atoms with Crippen LogP contribution in [0.5, 0.6) is 0 Å². The van der Waals surface area contributed by atoms with Crippen LogP contribution in [-0.2, 0) is 11.3 Å². The van der Waals surface area contributed by atoms with Crippen LogP contribution in [0.1, 0.15) is 18.9 Å². The van der Waals surface area contributed by atoms with Crippen LogP contribution in [0.25, 0.3) is 11.4 Å². The first-order valence-electron chi connectivity index (χ1n) is 6.30. The lowest BCUT2D eigenvalue weighted by atomic mass is 10.2. The summed E-state index contributed by atoms with van der Waals surface area (Å²) in [4.78, 5) is 23.3. The first-order valence-corrected chi connectivity index (χ1v) is 6.67. The third-order valence-electron chi connectivity index (χ3n) is 3.19. The summed E-state index contributed by atoms with van der Waals surface area (Å²) in [6.45, 7) is -0.209. The SMILES string of the molecule is NC(=O)Cn1nc(-c2ccc(Cl)cc2)n(C2CC2)c1=O. The molecule has 1 aliphatic rings. The van der Waals surface area contributed by atoms with E-state index in [-0.39, 0.29) is 18.3 Å². The Bertz CT molecular complexity index is 713. The minimum atomic E-state index is -0.588. The molecule has 0 atom stereocenters. The van der Waals surface area contributed by atoms with Crippen molar-refractivity contribution in [3.8, 4) is 11.4 Å². The molecule has 0 saturated heterocycles. The van der Waals surface area contributed by atoms with Gasteiger partial charge in [-0.15, -0.1) is 5.10 Å². The molecule has 104 valence electrons. The Kier molecular flexibility index (Phi) is 3.10. The van der Waals surface area contributed by atoms with Crippen molar-refractivity contribution in [3.05, 3.63) is 39.8 Å². The van der Waals surface area contributed by atoms with Crippen molar-refractivity contribution in [1.82, 2.24) is 14.3 Å². The van der Waals surface area contributed by atoms with Gasteiger partial charge in [-0.2, -0.15) is 0 Å². The van der Waals surface area contributed by atoms with E-state index in [0.717, 1.165) is 23.1 Å². The van der Waals surface area contributed by atoms with Crippen molar-refractivity contribution >= 4 is 17.5 Å². The van der Waals surface area contributed by atoms with Crippen LogP contribution in [0, 0.1) is 0 Å². The minimum absolute atomic E-state index is 0.162. The third kappa shape index (κ3) is 2.34. The first kappa shape index (κ1) is 12.9. The summed E-state index contributed by atoms with van der Waals surface area (Å²) in [5.41, 5.74) is 5.64. The second-order valence-corrected chi connectivity index (χ2v) is 5.27. The molecule has 1 saturated carbocycles. The number of primary amides is 1. The van der Waals surface area contributed by atoms with Gasteiger partial charge < -0.3 is 5.73 Å². The van der Waals surface area contributed by atoms with Gasteiger partial charge in [0.25, 0.3) is 0 Å². The van der Waals surface area contributed by atoms with Crippen molar-refractivity contribution in [2.24, 2.45) is 5.73 Å². The number of carbonyl (C=O) groups excluding carboxylic acids is 1. The summed E-state index contributed by atoms with van der Waals surface area (Å²) in [5, 5.41) is 4.85. The van der Waals surface area contributed by atoms with Gasteiger partial charge in [-0.3, -0.25) is 9.36 Å². The zero-order valence-corrected chi connectivity index (χ0v) is 11.4. The van der Waals surface area contributed by atoms with Crippen LogP contribution in [0.4, 0.5) is 0 Å². The fourth-order valence-corrected chi connectivity index (χ4v) is 2.25. The van der Waals surface area contributed by atoms with Crippen LogP contribution in [0.15, 0.2) is 29.1 Å². The number of aromatic nitrogens is 3. The third-order valence-corrected chi connectivity index (χ3v) is 3.44. The molecule has 3 rings (SSSR count). The molecule has 2 N–H and O–H groups in total. The number of amides is 1. The van der Waals surface area contributed by atoms with E-state index in [2.05, 4.69) is 5.10 Å². The van der Waals surface area contributed by atoms with Crippen molar-refractivity contribution in [3.63, 3.8) is 0 Å². The molecular weight excluding hydrogens is 280 g/mol. The summed E-state index contributed by atoms with van der Waals surface area (Å²) in [7, 11) is 0. The van der Waals surface area contributed by atoms with Gasteiger partial charge in [0.05, 0.1) is 0 Å². The fourth-order valence-electron chi connectivity index (χ4n) is 2.13. The summed E-state index contributed by atoms with van der Waals surface area (Å²) in [6, 6.07) is 7.25. The van der Waals surface area contributed by atoms with Crippen LogP contribution >= 0.6 is 11.6 Å². The Morgan fingerprint density at radius 1 is 1.35 bits per heavy atom. The number of rotatable bonds is 4. The first-order chi connectivity index (χ1) is 9.56. The lowest BCUT2D eigenvalue weighted by molar-refractivity contribution is -0.118. The maximum Gasteiger partial charge on any atom is 0.346 e. The van der Waals surface area contributed by atoms with E-state index in [4.69, 9.17) is 17.3 Å². The normalized spacial score (nSPS) is 14.4. The average molecular weight is 293 g/mol. The van der Waals surface area contributed by atoms with Crippen LogP contribution in [0.3, 0.4) is 0 Å². The van der Waals surface area contributed by atoms with Crippen LogP contribution in [0.2, 0.25) is 5.02 Å². The number of nitrogens with zero attached hydrogens (tertiary/aromatic N) is 3. The Hall–Kier alpha value is -2.08. The standard InChI is InChI=1S/C13H13ClN4O2/c14-9-3-1-8(2-4-9)12-16-17(7-11(15)19)13(20)18(12)10-5-6-10/h1-4,10H,5-7H2,(H2,15,19). The number of hydrogen-bond acceptors (Lipinski definition) is 3. The van der Waals surface area contributed by atoms with E-state index in [1.165, 1.54) is 0 Å². The lowest BCUT2D eigenvalue weighted by Crippen LogP contribution is -2.30. The number of carbonyl (C=O) groups is 1. The molecule has 1 aromatic heterocycles. The molecule has 7 heteroatoms. The topological polar surface area (TPSA) is 82.9 Å². The molecule has 6 nitrogen and oxygen atoms in total. The van der Waals surface area contributed by atoms with Crippen LogP contribution in [-0.4, -0.2) is 20.3 Å². The molecule has 20 heavy (non-hydrogen) atoms. The molecule has 1 fully saturated rings. The average Bonchev–Trinajstić information content (AvgIpc) is 3.17. The molecule has 0 radical (unpaired) electrons. The number of nitrogens with two attached hydrogens (primary N) is 1. The van der Waals surface area contributed by atoms with Gasteiger partial charge in [0.2, 0.25) is 5.91 Å². The molecular formula is C13H13ClN4O2. The Morgan fingerprint density at radius 3 is 2.55 bits per heavy atom. The highest BCUT2D eigenvalue weighted by atomic mass is 35.5. The summed E-state index contributed by atoms with van der Waals surface area (Å²) in [6.07, 6.45) is 1.89. The smallest absolute Gasteiger partial charge is 0.346 e. The molecule has 1 heterocycles. The largest absolute Gasteiger partial charge is 0.368 e. The number of halogens is 1. The van der Waals surface area contributed by atoms with Crippen molar-refractivity contribution in [2.45, 2.75) is 25.4 Å². The van der Waals surface area contributed by atoms with Crippen molar-refractivity contribution < 1.29 is 4.79 Å². The van der Waals surface area contributed by atoms with Gasteiger partial charge >= 0.3 is 5.69 Å². The summed E-state index contributed by atoms with van der Waals surface area (Å²) < 4.78 is 2.75. The lowest BCUT2D eigenvalue weighted by Gasteiger charge is -2.03. The van der Waals surface area contributed by atoms with E-state index >= 15 is 0 Å². The van der Waals surface area contributed by atoms with Gasteiger partial charge in [0, 0.05) is 16.6 Å². The van der Waals surface area contributed by atoms with E-state index in [1.54, 1.807) is 28.8 Å². The van der Waals surface area contributed by atoms with Crippen molar-refractivity contribution in [1.29, 1.82) is 0 Å². The maximum atomic E-state index is 12.3. The zero-order valence-electron chi connectivity index (χ0n) is 10.6. The van der Waals surface area contributed by atoms with Crippen LogP contribution < -0.4 is 11.4 Å². The highest BCUT2D eigenvalue weighted by Gasteiger charge is 2.30. The highest BCUT2D eigenvalue weighted by molar-refractivity contribution is 6.30. The molecule has 1 aromatic carbocycles. The second-order valence-electron chi connectivity index (χ2n) is 4.84. The number of benzene rings is 1. The monoisotopic (exact) mass is 292 g/mol. The van der Waals surface area contributed by atoms with Gasteiger partial charge in [-0.05, 0) is 37.1 Å². The molecule has 1 amide bonds. The molecule has 0 aliphatic heterocycles. The Morgan fingerprint density at radius 2 is 2.00 bits per heavy atom. The van der Waals surface area contributed by atoms with E-state index < -0.39 is 5.91 Å². The quantitative estimate of drug-likeness (QED) is 0.918. The van der Waals surface area contributed by atoms with Gasteiger partial charge in [0.15, 0.2) is 5.82 Å². The van der Waals surface area contributed by atoms with Crippen molar-refractivity contribution in [2.75, 3.05) is 0 Å². The molecule has 1 aliphatic carbocycles. The summed E-state index contributed by atoms with van der Waals surface area (Å²) >= 11 is 5.86. The molecule has 2 aromatic rings. The van der Waals surface area contributed by atoms with Gasteiger partial charge in [-0.1, -0.05) is 11.6 Å². The van der Waals surface area contributed by atoms with Gasteiger partial charge in [0.1, 0.15) is 6.54 Å².